The molecule has 0 amide bonds. The quantitative estimate of drug-likeness (QED) is 0.718. The van der Waals surface area contributed by atoms with E-state index in [0.29, 0.717) is 0 Å². The average molecular weight is 390 g/mol. The van der Waals surface area contributed by atoms with Gasteiger partial charge in [-0.3, -0.25) is 0 Å². The standard InChI is InChI=1S/C22H27N7/c1-17-7-9-18(10-8-17)24-19-16-21(27(2)3)26-22(25-19)29-14-12-28(13-15-29)20-6-4-5-11-23-20/h4-11,16H,12-15H2,1-3H3,(H,24,25,26). The van der Waals surface area contributed by atoms with E-state index in [-0.39, 0.29) is 0 Å². The summed E-state index contributed by atoms with van der Waals surface area (Å²) in [6.07, 6.45) is 1.84. The molecule has 1 saturated heterocycles. The van der Waals surface area contributed by atoms with Crippen LogP contribution in [-0.4, -0.2) is 55.2 Å². The number of benzene rings is 1. The van der Waals surface area contributed by atoms with E-state index >= 15 is 0 Å². The van der Waals surface area contributed by atoms with Gasteiger partial charge in [0.25, 0.3) is 0 Å². The van der Waals surface area contributed by atoms with Crippen LogP contribution < -0.4 is 20.0 Å². The van der Waals surface area contributed by atoms with Gasteiger partial charge in [-0.25, -0.2) is 4.98 Å². The highest BCUT2D eigenvalue weighted by atomic mass is 15.3. The molecule has 0 unspecified atom stereocenters. The Balaban J connectivity index is 1.52. The number of aryl methyl sites for hydroxylation is 1. The number of pyridine rings is 1. The van der Waals surface area contributed by atoms with Crippen LogP contribution in [0.1, 0.15) is 5.56 Å². The molecular weight excluding hydrogens is 362 g/mol. The number of hydrogen-bond acceptors (Lipinski definition) is 7. The molecule has 7 nitrogen and oxygen atoms in total. The van der Waals surface area contributed by atoms with Crippen LogP contribution in [0.15, 0.2) is 54.7 Å². The first-order chi connectivity index (χ1) is 14.1. The Labute approximate surface area is 172 Å². The maximum atomic E-state index is 4.80. The second kappa shape index (κ2) is 8.34. The molecular formula is C22H27N7. The third-order valence-corrected chi connectivity index (χ3v) is 5.02. The Morgan fingerprint density at radius 2 is 1.62 bits per heavy atom. The Bertz CT molecular complexity index is 933. The molecule has 0 atom stereocenters. The van der Waals surface area contributed by atoms with Crippen molar-refractivity contribution in [1.82, 2.24) is 15.0 Å². The molecule has 1 aromatic carbocycles. The van der Waals surface area contributed by atoms with Gasteiger partial charge in [-0.05, 0) is 31.2 Å². The van der Waals surface area contributed by atoms with Gasteiger partial charge >= 0.3 is 0 Å². The van der Waals surface area contributed by atoms with Gasteiger partial charge in [0.1, 0.15) is 17.5 Å². The molecule has 1 aliphatic heterocycles. The Morgan fingerprint density at radius 3 is 2.28 bits per heavy atom. The minimum Gasteiger partial charge on any atom is -0.363 e. The summed E-state index contributed by atoms with van der Waals surface area (Å²) in [4.78, 5) is 20.6. The summed E-state index contributed by atoms with van der Waals surface area (Å²) in [6, 6.07) is 16.3. The van der Waals surface area contributed by atoms with E-state index in [9.17, 15) is 0 Å². The summed E-state index contributed by atoms with van der Waals surface area (Å²) < 4.78 is 0. The fourth-order valence-electron chi connectivity index (χ4n) is 3.32. The Kier molecular flexibility index (Phi) is 5.46. The van der Waals surface area contributed by atoms with Crippen LogP contribution in [0, 0.1) is 6.92 Å². The highest BCUT2D eigenvalue weighted by molar-refractivity contribution is 5.62. The Morgan fingerprint density at radius 1 is 0.897 bits per heavy atom. The minimum absolute atomic E-state index is 0.756. The Hall–Kier alpha value is -3.35. The van der Waals surface area contributed by atoms with E-state index in [1.807, 2.05) is 43.4 Å². The zero-order valence-electron chi connectivity index (χ0n) is 17.2. The maximum absolute atomic E-state index is 4.80. The molecule has 1 N–H and O–H groups in total. The van der Waals surface area contributed by atoms with Gasteiger partial charge in [0.05, 0.1) is 0 Å². The molecule has 3 aromatic rings. The maximum Gasteiger partial charge on any atom is 0.229 e. The molecule has 4 rings (SSSR count). The first-order valence-electron chi connectivity index (χ1n) is 9.89. The van der Waals surface area contributed by atoms with Gasteiger partial charge in [-0.2, -0.15) is 9.97 Å². The fraction of sp³-hybridized carbons (Fsp3) is 0.318. The molecule has 150 valence electrons. The van der Waals surface area contributed by atoms with Crippen molar-refractivity contribution in [2.45, 2.75) is 6.92 Å². The second-order valence-corrected chi connectivity index (χ2v) is 7.46. The lowest BCUT2D eigenvalue weighted by Crippen LogP contribution is -2.47. The zero-order valence-corrected chi connectivity index (χ0v) is 17.2. The molecule has 0 saturated carbocycles. The van der Waals surface area contributed by atoms with Gasteiger partial charge in [-0.1, -0.05) is 23.8 Å². The number of anilines is 5. The first-order valence-corrected chi connectivity index (χ1v) is 9.89. The van der Waals surface area contributed by atoms with Crippen molar-refractivity contribution in [2.24, 2.45) is 0 Å². The first kappa shape index (κ1) is 19.0. The van der Waals surface area contributed by atoms with Gasteiger partial charge in [0.2, 0.25) is 5.95 Å². The normalized spacial score (nSPS) is 14.0. The molecule has 0 radical (unpaired) electrons. The van der Waals surface area contributed by atoms with Crippen molar-refractivity contribution in [1.29, 1.82) is 0 Å². The lowest BCUT2D eigenvalue weighted by molar-refractivity contribution is 0.635. The smallest absolute Gasteiger partial charge is 0.229 e. The summed E-state index contributed by atoms with van der Waals surface area (Å²) in [7, 11) is 4.00. The van der Waals surface area contributed by atoms with Crippen LogP contribution in [0.4, 0.5) is 29.1 Å². The molecule has 7 heteroatoms. The van der Waals surface area contributed by atoms with E-state index in [4.69, 9.17) is 9.97 Å². The predicted octanol–water partition coefficient (Wildman–Crippen LogP) is 3.32. The lowest BCUT2D eigenvalue weighted by Gasteiger charge is -2.35. The average Bonchev–Trinajstić information content (AvgIpc) is 2.76. The summed E-state index contributed by atoms with van der Waals surface area (Å²) in [5.74, 6) is 3.47. The number of nitrogens with one attached hydrogen (secondary N) is 1. The molecule has 1 fully saturated rings. The van der Waals surface area contributed by atoms with Crippen LogP contribution in [0.25, 0.3) is 0 Å². The van der Waals surface area contributed by atoms with Crippen LogP contribution >= 0.6 is 0 Å². The van der Waals surface area contributed by atoms with Gasteiger partial charge < -0.3 is 20.0 Å². The zero-order chi connectivity index (χ0) is 20.2. The predicted molar refractivity (Wildman–Crippen MR) is 119 cm³/mol. The van der Waals surface area contributed by atoms with E-state index < -0.39 is 0 Å². The van der Waals surface area contributed by atoms with E-state index in [1.165, 1.54) is 5.56 Å². The van der Waals surface area contributed by atoms with E-state index in [1.54, 1.807) is 0 Å². The van der Waals surface area contributed by atoms with Crippen molar-refractivity contribution >= 4 is 29.1 Å². The lowest BCUT2D eigenvalue weighted by atomic mass is 10.2. The van der Waals surface area contributed by atoms with Crippen molar-refractivity contribution < 1.29 is 0 Å². The molecule has 2 aromatic heterocycles. The van der Waals surface area contributed by atoms with Crippen molar-refractivity contribution in [3.8, 4) is 0 Å². The van der Waals surface area contributed by atoms with Gasteiger partial charge in [0.15, 0.2) is 0 Å². The SMILES string of the molecule is Cc1ccc(Nc2cc(N(C)C)nc(N3CCN(c4ccccn4)CC3)n2)cc1. The third-order valence-electron chi connectivity index (χ3n) is 5.02. The largest absolute Gasteiger partial charge is 0.363 e. The highest BCUT2D eigenvalue weighted by Gasteiger charge is 2.21. The fourth-order valence-corrected chi connectivity index (χ4v) is 3.32. The summed E-state index contributed by atoms with van der Waals surface area (Å²) in [5.41, 5.74) is 2.25. The molecule has 0 bridgehead atoms. The number of nitrogens with zero attached hydrogens (tertiary/aromatic N) is 6. The van der Waals surface area contributed by atoms with Crippen LogP contribution in [-0.2, 0) is 0 Å². The molecule has 0 spiro atoms. The van der Waals surface area contributed by atoms with Crippen molar-refractivity contribution in [3.63, 3.8) is 0 Å². The summed E-state index contributed by atoms with van der Waals surface area (Å²) in [6.45, 7) is 5.59. The monoisotopic (exact) mass is 389 g/mol. The second-order valence-electron chi connectivity index (χ2n) is 7.46. The molecule has 29 heavy (non-hydrogen) atoms. The van der Waals surface area contributed by atoms with Crippen LogP contribution in [0.3, 0.4) is 0 Å². The topological polar surface area (TPSA) is 60.4 Å². The molecule has 3 heterocycles. The summed E-state index contributed by atoms with van der Waals surface area (Å²) in [5, 5.41) is 3.42. The van der Waals surface area contributed by atoms with Crippen molar-refractivity contribution in [3.05, 3.63) is 60.3 Å². The van der Waals surface area contributed by atoms with E-state index in [0.717, 1.165) is 55.3 Å². The highest BCUT2D eigenvalue weighted by Crippen LogP contribution is 2.24. The number of piperazine rings is 1. The third kappa shape index (κ3) is 4.56. The van der Waals surface area contributed by atoms with Crippen molar-refractivity contribution in [2.75, 3.05) is 60.3 Å². The molecule has 1 aliphatic rings. The number of hydrogen-bond donors (Lipinski definition) is 1. The molecule has 0 aliphatic carbocycles. The van der Waals surface area contributed by atoms with E-state index in [2.05, 4.69) is 57.4 Å². The van der Waals surface area contributed by atoms with Gasteiger partial charge in [-0.15, -0.1) is 0 Å². The summed E-state index contributed by atoms with van der Waals surface area (Å²) >= 11 is 0. The minimum atomic E-state index is 0.756. The number of rotatable bonds is 5. The number of aromatic nitrogens is 3. The van der Waals surface area contributed by atoms with Crippen LogP contribution in [0.2, 0.25) is 0 Å². The van der Waals surface area contributed by atoms with Crippen LogP contribution in [0.5, 0.6) is 0 Å². The van der Waals surface area contributed by atoms with Gasteiger partial charge in [0, 0.05) is 58.2 Å².